The number of rotatable bonds is 27. The molecule has 61 heavy (non-hydrogen) atoms. The largest absolute Gasteiger partial charge is 0.469 e. The molecule has 3 rings (SSSR count). The second-order valence-corrected chi connectivity index (χ2v) is 16.2. The maximum Gasteiger partial charge on any atom is 0.469 e. The lowest BCUT2D eigenvalue weighted by Gasteiger charge is -2.29. The summed E-state index contributed by atoms with van der Waals surface area (Å²) in [5.74, 6) is -5.02. The number of hydrogen-bond acceptors (Lipinski definition) is 13. The molecule has 1 saturated heterocycles. The molecule has 6 atom stereocenters. The quantitative estimate of drug-likeness (QED) is 0.0373. The number of carbonyl (C=O) groups excluding carboxylic acids is 6. The number of aliphatic hydroxyl groups is 1. The highest BCUT2D eigenvalue weighted by Gasteiger charge is 2.38. The van der Waals surface area contributed by atoms with E-state index in [2.05, 4.69) is 35.8 Å². The summed E-state index contributed by atoms with van der Waals surface area (Å²) in [5.41, 5.74) is 6.73. The highest BCUT2D eigenvalue weighted by molar-refractivity contribution is 7.46. The van der Waals surface area contributed by atoms with Gasteiger partial charge in [-0.3, -0.25) is 38.3 Å². The van der Waals surface area contributed by atoms with Crippen LogP contribution < -0.4 is 27.0 Å². The lowest BCUT2D eigenvalue weighted by molar-refractivity contribution is -0.140. The molecule has 1 aliphatic heterocycles. The fourth-order valence-corrected chi connectivity index (χ4v) is 7.22. The summed E-state index contributed by atoms with van der Waals surface area (Å²) < 4.78 is 28.0. The Morgan fingerprint density at radius 2 is 1.67 bits per heavy atom. The van der Waals surface area contributed by atoms with Crippen LogP contribution in [0.3, 0.4) is 0 Å². The number of carbonyl (C=O) groups is 6. The Balaban J connectivity index is 1.84. The molecule has 0 saturated carbocycles. The van der Waals surface area contributed by atoms with Gasteiger partial charge >= 0.3 is 7.82 Å². The van der Waals surface area contributed by atoms with Gasteiger partial charge in [0.1, 0.15) is 30.2 Å². The number of aliphatic hydroxyl groups excluding tert-OH is 1. The summed E-state index contributed by atoms with van der Waals surface area (Å²) >= 11 is 0. The molecule has 0 spiro atoms. The van der Waals surface area contributed by atoms with Crippen LogP contribution in [0.1, 0.15) is 64.3 Å². The van der Waals surface area contributed by atoms with Crippen molar-refractivity contribution in [3.63, 3.8) is 0 Å². The molecule has 0 unspecified atom stereocenters. The fraction of sp³-hybridized carbons (Fsp3) is 0.632. The number of aryl methyl sites for hydroxylation is 2. The number of aromatic nitrogens is 3. The van der Waals surface area contributed by atoms with Crippen molar-refractivity contribution in [1.82, 2.24) is 40.7 Å². The summed E-state index contributed by atoms with van der Waals surface area (Å²) in [6.45, 7) is 5.38. The normalized spacial score (nSPS) is 16.6. The number of nitrogens with zero attached hydrogens (tertiary/aromatic N) is 4. The van der Waals surface area contributed by atoms with Gasteiger partial charge in [-0.15, -0.1) is 0 Å². The van der Waals surface area contributed by atoms with Crippen LogP contribution in [-0.2, 0) is 66.7 Å². The molecule has 0 radical (unpaired) electrons. The summed E-state index contributed by atoms with van der Waals surface area (Å²) in [6.07, 6.45) is 5.39. The number of pyridine rings is 1. The highest BCUT2D eigenvalue weighted by atomic mass is 31.2. The molecule has 0 aliphatic carbocycles. The molecule has 9 N–H and O–H groups in total. The number of phosphoric acid groups is 1. The molecule has 3 heterocycles. The van der Waals surface area contributed by atoms with E-state index in [-0.39, 0.29) is 37.7 Å². The van der Waals surface area contributed by atoms with Crippen LogP contribution in [0.2, 0.25) is 0 Å². The molecule has 6 amide bonds. The van der Waals surface area contributed by atoms with Crippen molar-refractivity contribution in [2.24, 2.45) is 11.7 Å². The number of nitrogens with one attached hydrogen (secondary N) is 4. The third kappa shape index (κ3) is 17.2. The van der Waals surface area contributed by atoms with Gasteiger partial charge < -0.3 is 60.8 Å². The summed E-state index contributed by atoms with van der Waals surface area (Å²) in [7, 11) is -3.59. The standard InChI is InChI=1S/C38H60N9O13P/c1-24(2)19-28(43-38(54)31-11-8-15-47(31)32(49)12-16-59-18-17-58-4)35(51)42-29(20-27-21-40-23-46(27)14-7-10-26-9-5-6-13-41-26)36(52)44-30(22-48)37(53)45-33(34(39)50)25(3)60-61(55,56)57/h5-6,9,13,21,23-25,28-31,33,48H,7-8,10-12,14-20,22H2,1-4H3,(H2,39,50)(H,42,51)(H,43,54)(H,44,52)(H,45,53)(H2,55,56,57)/t25-,28+,29+,30+,31+,33+/m1/s1. The smallest absolute Gasteiger partial charge is 0.394 e. The second-order valence-electron chi connectivity index (χ2n) is 15.0. The maximum atomic E-state index is 14.1. The molecule has 0 aromatic carbocycles. The van der Waals surface area contributed by atoms with Crippen LogP contribution in [0.15, 0.2) is 36.9 Å². The first kappa shape index (κ1) is 50.5. The number of amides is 6. The van der Waals surface area contributed by atoms with Crippen LogP contribution in [-0.4, -0.2) is 146 Å². The third-order valence-electron chi connectivity index (χ3n) is 9.70. The van der Waals surface area contributed by atoms with Crippen LogP contribution >= 0.6 is 7.82 Å². The molecular formula is C38H60N9O13P. The number of methoxy groups -OCH3 is 1. The Hall–Kier alpha value is -4.83. The van der Waals surface area contributed by atoms with Crippen molar-refractivity contribution in [2.45, 2.75) is 109 Å². The fourth-order valence-electron chi connectivity index (χ4n) is 6.66. The number of nitrogens with two attached hydrogens (primary N) is 1. The number of imidazole rings is 1. The minimum atomic E-state index is -5.12. The minimum Gasteiger partial charge on any atom is -0.394 e. The Morgan fingerprint density at radius 3 is 2.31 bits per heavy atom. The third-order valence-corrected chi connectivity index (χ3v) is 10.3. The van der Waals surface area contributed by atoms with Gasteiger partial charge in [0.05, 0.1) is 45.3 Å². The predicted octanol–water partition coefficient (Wildman–Crippen LogP) is -1.54. The van der Waals surface area contributed by atoms with Gasteiger partial charge in [0, 0.05) is 50.4 Å². The van der Waals surface area contributed by atoms with Crippen molar-refractivity contribution < 1.29 is 62.2 Å². The Kier molecular flexibility index (Phi) is 20.9. The zero-order chi connectivity index (χ0) is 45.1. The lowest BCUT2D eigenvalue weighted by atomic mass is 10.0. The molecular weight excluding hydrogens is 821 g/mol. The monoisotopic (exact) mass is 881 g/mol. The van der Waals surface area contributed by atoms with E-state index >= 15 is 0 Å². The number of hydrogen-bond donors (Lipinski definition) is 8. The first-order valence-electron chi connectivity index (χ1n) is 20.0. The summed E-state index contributed by atoms with van der Waals surface area (Å²) in [4.78, 5) is 109. The zero-order valence-corrected chi connectivity index (χ0v) is 35.8. The minimum absolute atomic E-state index is 0.0518. The molecule has 1 aliphatic rings. The van der Waals surface area contributed by atoms with E-state index < -0.39 is 80.3 Å². The topological polar surface area (TPSA) is 316 Å². The van der Waals surface area contributed by atoms with Gasteiger partial charge in [0.25, 0.3) is 0 Å². The summed E-state index contributed by atoms with van der Waals surface area (Å²) in [6, 6.07) is -1.39. The van der Waals surface area contributed by atoms with Gasteiger partial charge in [0.15, 0.2) is 0 Å². The van der Waals surface area contributed by atoms with E-state index in [0.29, 0.717) is 57.7 Å². The highest BCUT2D eigenvalue weighted by Crippen LogP contribution is 2.38. The average Bonchev–Trinajstić information content (AvgIpc) is 3.88. The maximum absolute atomic E-state index is 14.1. The molecule has 23 heteroatoms. The summed E-state index contributed by atoms with van der Waals surface area (Å²) in [5, 5.41) is 20.1. The number of phosphoric ester groups is 1. The van der Waals surface area contributed by atoms with Gasteiger partial charge in [-0.2, -0.15) is 0 Å². The van der Waals surface area contributed by atoms with Crippen molar-refractivity contribution in [3.05, 3.63) is 48.3 Å². The molecule has 1 fully saturated rings. The first-order chi connectivity index (χ1) is 28.9. The zero-order valence-electron chi connectivity index (χ0n) is 34.9. The van der Waals surface area contributed by atoms with Crippen LogP contribution in [0.4, 0.5) is 0 Å². The van der Waals surface area contributed by atoms with E-state index in [0.717, 1.165) is 12.6 Å². The predicted molar refractivity (Wildman–Crippen MR) is 217 cm³/mol. The Labute approximate surface area is 354 Å². The SMILES string of the molecule is COCCOCCC(=O)N1CCC[C@H]1C(=O)N[C@@H](CC(C)C)C(=O)N[C@@H](Cc1cncn1CCCc1ccccn1)C(=O)N[C@@H](CO)C(=O)N[C@H](C(N)=O)[C@@H](C)OP(=O)(O)O. The Bertz CT molecular complexity index is 1790. The lowest BCUT2D eigenvalue weighted by Crippen LogP contribution is -2.61. The Morgan fingerprint density at radius 1 is 0.967 bits per heavy atom. The molecule has 0 bridgehead atoms. The number of ether oxygens (including phenoxy) is 2. The van der Waals surface area contributed by atoms with Crippen molar-refractivity contribution >= 4 is 43.3 Å². The van der Waals surface area contributed by atoms with Gasteiger partial charge in [-0.1, -0.05) is 19.9 Å². The van der Waals surface area contributed by atoms with Crippen molar-refractivity contribution in [2.75, 3.05) is 40.1 Å². The average molecular weight is 882 g/mol. The van der Waals surface area contributed by atoms with Gasteiger partial charge in [0.2, 0.25) is 35.4 Å². The second kappa shape index (κ2) is 25.2. The van der Waals surface area contributed by atoms with Crippen LogP contribution in [0.25, 0.3) is 0 Å². The molecule has 340 valence electrons. The van der Waals surface area contributed by atoms with E-state index in [9.17, 15) is 48.2 Å². The van der Waals surface area contributed by atoms with Gasteiger partial charge in [-0.25, -0.2) is 9.55 Å². The molecule has 2 aromatic rings. The van der Waals surface area contributed by atoms with E-state index in [4.69, 9.17) is 15.2 Å². The van der Waals surface area contributed by atoms with Crippen LogP contribution in [0.5, 0.6) is 0 Å². The van der Waals surface area contributed by atoms with Crippen LogP contribution in [0, 0.1) is 5.92 Å². The first-order valence-corrected chi connectivity index (χ1v) is 21.6. The van der Waals surface area contributed by atoms with Crippen molar-refractivity contribution in [1.29, 1.82) is 0 Å². The molecule has 22 nitrogen and oxygen atoms in total. The number of primary amides is 1. The number of likely N-dealkylation sites (tertiary alicyclic amines) is 1. The van der Waals surface area contributed by atoms with Gasteiger partial charge in [-0.05, 0) is 57.1 Å². The van der Waals surface area contributed by atoms with Crippen molar-refractivity contribution in [3.8, 4) is 0 Å². The molecule has 2 aromatic heterocycles. The van der Waals surface area contributed by atoms with E-state index in [1.54, 1.807) is 17.1 Å². The van der Waals surface area contributed by atoms with E-state index in [1.807, 2.05) is 32.0 Å². The van der Waals surface area contributed by atoms with E-state index in [1.165, 1.54) is 18.2 Å².